The Kier molecular flexibility index (Phi) is 2.12. The van der Waals surface area contributed by atoms with Gasteiger partial charge in [0.1, 0.15) is 0 Å². The van der Waals surface area contributed by atoms with Gasteiger partial charge in [0.15, 0.2) is 0 Å². The molecule has 0 amide bonds. The first-order valence-electron chi connectivity index (χ1n) is 3.76. The number of hydrogen-bond donors (Lipinski definition) is 0. The zero-order valence-electron chi connectivity index (χ0n) is 6.44. The van der Waals surface area contributed by atoms with E-state index in [1.165, 1.54) is 25.7 Å². The van der Waals surface area contributed by atoms with Crippen LogP contribution in [0.1, 0.15) is 32.6 Å². The molecule has 0 saturated heterocycles. The van der Waals surface area contributed by atoms with Crippen LogP contribution in [-0.2, 0) is 4.74 Å². The molecule has 1 aliphatic rings. The summed E-state index contributed by atoms with van der Waals surface area (Å²) in [6, 6.07) is 0. The summed E-state index contributed by atoms with van der Waals surface area (Å²) < 4.78 is 5.13. The van der Waals surface area contributed by atoms with E-state index in [2.05, 4.69) is 6.92 Å². The minimum atomic E-state index is 0.523. The van der Waals surface area contributed by atoms with E-state index in [1.54, 1.807) is 7.11 Å². The van der Waals surface area contributed by atoms with Gasteiger partial charge in [-0.2, -0.15) is 0 Å². The molecule has 1 rings (SSSR count). The Bertz CT molecular complexity index is 82.6. The molecule has 0 aromatic carbocycles. The third-order valence-corrected chi connectivity index (χ3v) is 2.30. The first kappa shape index (κ1) is 7.07. The van der Waals surface area contributed by atoms with Crippen LogP contribution in [0.5, 0.6) is 0 Å². The third kappa shape index (κ3) is 1.68. The molecule has 0 radical (unpaired) electrons. The SMILES string of the molecule is COCC1(C)CCCC1. The van der Waals surface area contributed by atoms with Crippen molar-refractivity contribution in [1.82, 2.24) is 0 Å². The summed E-state index contributed by atoms with van der Waals surface area (Å²) in [6.07, 6.45) is 5.53. The molecular formula is C8H16O. The molecule has 0 aliphatic heterocycles. The molecule has 0 unspecified atom stereocenters. The van der Waals surface area contributed by atoms with Crippen molar-refractivity contribution in [2.75, 3.05) is 13.7 Å². The molecule has 0 N–H and O–H groups in total. The van der Waals surface area contributed by atoms with E-state index in [9.17, 15) is 0 Å². The van der Waals surface area contributed by atoms with Gasteiger partial charge in [-0.3, -0.25) is 0 Å². The topological polar surface area (TPSA) is 9.23 Å². The summed E-state index contributed by atoms with van der Waals surface area (Å²) in [4.78, 5) is 0. The van der Waals surface area contributed by atoms with Crippen LogP contribution in [0.15, 0.2) is 0 Å². The second-order valence-corrected chi connectivity index (χ2v) is 3.45. The quantitative estimate of drug-likeness (QED) is 0.554. The number of methoxy groups -OCH3 is 1. The Hall–Kier alpha value is -0.0400. The predicted molar refractivity (Wildman–Crippen MR) is 38.5 cm³/mol. The molecule has 0 aromatic rings. The molecule has 0 heterocycles. The Balaban J connectivity index is 2.32. The van der Waals surface area contributed by atoms with Gasteiger partial charge in [-0.15, -0.1) is 0 Å². The summed E-state index contributed by atoms with van der Waals surface area (Å²) >= 11 is 0. The smallest absolute Gasteiger partial charge is 0.0515 e. The van der Waals surface area contributed by atoms with Crippen LogP contribution in [0.3, 0.4) is 0 Å². The fourth-order valence-electron chi connectivity index (χ4n) is 1.72. The Morgan fingerprint density at radius 1 is 1.33 bits per heavy atom. The molecule has 9 heavy (non-hydrogen) atoms. The van der Waals surface area contributed by atoms with E-state index >= 15 is 0 Å². The fraction of sp³-hybridized carbons (Fsp3) is 1.00. The summed E-state index contributed by atoms with van der Waals surface area (Å²) in [5.41, 5.74) is 0.523. The van der Waals surface area contributed by atoms with Crippen LogP contribution in [0.2, 0.25) is 0 Å². The molecule has 1 aliphatic carbocycles. The Morgan fingerprint density at radius 2 is 1.89 bits per heavy atom. The fourth-order valence-corrected chi connectivity index (χ4v) is 1.72. The summed E-state index contributed by atoms with van der Waals surface area (Å²) in [5.74, 6) is 0. The standard InChI is InChI=1S/C8H16O/c1-8(7-9-2)5-3-4-6-8/h3-7H2,1-2H3. The lowest BCUT2D eigenvalue weighted by Gasteiger charge is -2.21. The van der Waals surface area contributed by atoms with Crippen LogP contribution < -0.4 is 0 Å². The number of ether oxygens (including phenoxy) is 1. The Morgan fingerprint density at radius 3 is 2.33 bits per heavy atom. The van der Waals surface area contributed by atoms with Crippen molar-refractivity contribution >= 4 is 0 Å². The Labute approximate surface area is 57.4 Å². The molecule has 1 nitrogen and oxygen atoms in total. The summed E-state index contributed by atoms with van der Waals surface area (Å²) in [7, 11) is 1.80. The maximum absolute atomic E-state index is 5.13. The minimum absolute atomic E-state index is 0.523. The largest absolute Gasteiger partial charge is 0.384 e. The molecule has 0 atom stereocenters. The molecular weight excluding hydrogens is 112 g/mol. The van der Waals surface area contributed by atoms with E-state index in [1.807, 2.05) is 0 Å². The summed E-state index contributed by atoms with van der Waals surface area (Å²) in [6.45, 7) is 3.27. The van der Waals surface area contributed by atoms with Gasteiger partial charge in [0, 0.05) is 7.11 Å². The molecule has 0 bridgehead atoms. The van der Waals surface area contributed by atoms with Gasteiger partial charge in [-0.1, -0.05) is 19.8 Å². The second kappa shape index (κ2) is 2.70. The average Bonchev–Trinajstić information content (AvgIpc) is 2.16. The van der Waals surface area contributed by atoms with Crippen molar-refractivity contribution in [3.63, 3.8) is 0 Å². The van der Waals surface area contributed by atoms with Crippen molar-refractivity contribution in [2.45, 2.75) is 32.6 Å². The highest BCUT2D eigenvalue weighted by atomic mass is 16.5. The monoisotopic (exact) mass is 128 g/mol. The second-order valence-electron chi connectivity index (χ2n) is 3.45. The molecule has 54 valence electrons. The molecule has 0 aromatic heterocycles. The van der Waals surface area contributed by atoms with Crippen LogP contribution in [0, 0.1) is 5.41 Å². The lowest BCUT2D eigenvalue weighted by molar-refractivity contribution is 0.0967. The van der Waals surface area contributed by atoms with Gasteiger partial charge in [-0.25, -0.2) is 0 Å². The van der Waals surface area contributed by atoms with Gasteiger partial charge < -0.3 is 4.74 Å². The van der Waals surface area contributed by atoms with Gasteiger partial charge >= 0.3 is 0 Å². The first-order chi connectivity index (χ1) is 4.27. The predicted octanol–water partition coefficient (Wildman–Crippen LogP) is 2.21. The first-order valence-corrected chi connectivity index (χ1v) is 3.76. The van der Waals surface area contributed by atoms with E-state index in [0.29, 0.717) is 5.41 Å². The van der Waals surface area contributed by atoms with Crippen molar-refractivity contribution in [3.8, 4) is 0 Å². The number of rotatable bonds is 2. The van der Waals surface area contributed by atoms with E-state index in [0.717, 1.165) is 6.61 Å². The lowest BCUT2D eigenvalue weighted by Crippen LogP contribution is -2.17. The molecule has 1 fully saturated rings. The van der Waals surface area contributed by atoms with Crippen LogP contribution in [-0.4, -0.2) is 13.7 Å². The van der Waals surface area contributed by atoms with E-state index < -0.39 is 0 Å². The highest BCUT2D eigenvalue weighted by molar-refractivity contribution is 4.79. The van der Waals surface area contributed by atoms with Gasteiger partial charge in [0.05, 0.1) is 6.61 Å². The van der Waals surface area contributed by atoms with Crippen molar-refractivity contribution in [3.05, 3.63) is 0 Å². The molecule has 1 saturated carbocycles. The molecule has 1 heteroatoms. The van der Waals surface area contributed by atoms with E-state index in [4.69, 9.17) is 4.74 Å². The van der Waals surface area contributed by atoms with E-state index in [-0.39, 0.29) is 0 Å². The summed E-state index contributed by atoms with van der Waals surface area (Å²) in [5, 5.41) is 0. The minimum Gasteiger partial charge on any atom is -0.384 e. The van der Waals surface area contributed by atoms with Crippen molar-refractivity contribution in [1.29, 1.82) is 0 Å². The van der Waals surface area contributed by atoms with Crippen LogP contribution in [0.4, 0.5) is 0 Å². The molecule has 0 spiro atoms. The normalized spacial score (nSPS) is 24.7. The van der Waals surface area contributed by atoms with Gasteiger partial charge in [0.2, 0.25) is 0 Å². The van der Waals surface area contributed by atoms with Crippen LogP contribution >= 0.6 is 0 Å². The highest BCUT2D eigenvalue weighted by Crippen LogP contribution is 2.37. The van der Waals surface area contributed by atoms with Crippen molar-refractivity contribution in [2.24, 2.45) is 5.41 Å². The highest BCUT2D eigenvalue weighted by Gasteiger charge is 2.27. The van der Waals surface area contributed by atoms with Gasteiger partial charge in [0.25, 0.3) is 0 Å². The lowest BCUT2D eigenvalue weighted by atomic mass is 9.90. The van der Waals surface area contributed by atoms with Crippen LogP contribution in [0.25, 0.3) is 0 Å². The average molecular weight is 128 g/mol. The third-order valence-electron chi connectivity index (χ3n) is 2.30. The maximum atomic E-state index is 5.13. The zero-order chi connectivity index (χ0) is 6.74. The number of hydrogen-bond acceptors (Lipinski definition) is 1. The van der Waals surface area contributed by atoms with Crippen molar-refractivity contribution < 1.29 is 4.74 Å². The zero-order valence-corrected chi connectivity index (χ0v) is 6.44. The maximum Gasteiger partial charge on any atom is 0.0515 e. The van der Waals surface area contributed by atoms with Gasteiger partial charge in [-0.05, 0) is 18.3 Å².